The molecule has 0 unspecified atom stereocenters. The van der Waals surface area contributed by atoms with Crippen LogP contribution in [-0.4, -0.2) is 49.1 Å². The molecule has 0 spiro atoms. The maximum absolute atomic E-state index is 6.03. The molecule has 2 aromatic rings. The van der Waals surface area contributed by atoms with Gasteiger partial charge in [-0.3, -0.25) is 0 Å². The molecule has 1 aliphatic heterocycles. The van der Waals surface area contributed by atoms with Crippen molar-refractivity contribution < 1.29 is 0 Å². The van der Waals surface area contributed by atoms with Gasteiger partial charge in [0.05, 0.1) is 0 Å². The topological polar surface area (TPSA) is 32.3 Å². The third kappa shape index (κ3) is 3.87. The van der Waals surface area contributed by atoms with Crippen LogP contribution in [0, 0.1) is 0 Å². The van der Waals surface area contributed by atoms with Gasteiger partial charge in [-0.25, -0.2) is 9.97 Å². The van der Waals surface area contributed by atoms with E-state index >= 15 is 0 Å². The van der Waals surface area contributed by atoms with Gasteiger partial charge >= 0.3 is 0 Å². The summed E-state index contributed by atoms with van der Waals surface area (Å²) in [5.74, 6) is 1.48. The van der Waals surface area contributed by atoms with Crippen LogP contribution in [-0.2, 0) is 0 Å². The molecule has 0 N–H and O–H groups in total. The summed E-state index contributed by atoms with van der Waals surface area (Å²) in [6, 6.07) is 1.96. The molecule has 1 aliphatic rings. The number of anilines is 1. The zero-order valence-electron chi connectivity index (χ0n) is 14.1. The lowest BCUT2D eigenvalue weighted by Gasteiger charge is -2.33. The van der Waals surface area contributed by atoms with Crippen LogP contribution in [0.1, 0.15) is 31.7 Å². The average molecular weight is 321 g/mol. The minimum absolute atomic E-state index is 0.434. The van der Waals surface area contributed by atoms with Gasteiger partial charge in [-0.1, -0.05) is 25.4 Å². The summed E-state index contributed by atoms with van der Waals surface area (Å²) >= 11 is 6.03. The average Bonchev–Trinajstić information content (AvgIpc) is 2.35. The van der Waals surface area contributed by atoms with E-state index in [1.807, 2.05) is 44.5 Å². The van der Waals surface area contributed by atoms with Crippen molar-refractivity contribution >= 4 is 28.2 Å². The normalized spacial score (nSPS) is 14.1. The maximum Gasteiger partial charge on any atom is 0.137 e. The molecule has 2 aromatic heterocycles. The molecule has 1 saturated heterocycles. The standard InChI is InChI=1S/C14H16ClN3.C3H9N/c1-9(2)11-7-17-14(18-4-3-5-18)12-8-16-13(15)6-10(11)12;1-4(2)3/h6-9H,3-5H2,1-2H3;1-3H3. The van der Waals surface area contributed by atoms with Crippen LogP contribution in [0.25, 0.3) is 10.8 Å². The Bertz CT molecular complexity index is 633. The minimum Gasteiger partial charge on any atom is -0.356 e. The van der Waals surface area contributed by atoms with Crippen molar-refractivity contribution in [2.75, 3.05) is 39.1 Å². The molecule has 0 atom stereocenters. The first-order valence-electron chi connectivity index (χ1n) is 7.70. The lowest BCUT2D eigenvalue weighted by molar-refractivity contribution is 0.505. The van der Waals surface area contributed by atoms with E-state index in [1.54, 1.807) is 0 Å². The van der Waals surface area contributed by atoms with Crippen molar-refractivity contribution in [1.82, 2.24) is 14.9 Å². The summed E-state index contributed by atoms with van der Waals surface area (Å²) in [5, 5.41) is 2.84. The van der Waals surface area contributed by atoms with Crippen LogP contribution >= 0.6 is 11.6 Å². The van der Waals surface area contributed by atoms with Crippen LogP contribution < -0.4 is 4.90 Å². The number of rotatable bonds is 2. The lowest BCUT2D eigenvalue weighted by atomic mass is 9.99. The molecule has 5 heteroatoms. The van der Waals surface area contributed by atoms with Gasteiger partial charge in [-0.05, 0) is 50.5 Å². The predicted octanol–water partition coefficient (Wildman–Crippen LogP) is 3.79. The fourth-order valence-corrected chi connectivity index (χ4v) is 2.51. The van der Waals surface area contributed by atoms with Crippen LogP contribution in [0.2, 0.25) is 5.15 Å². The largest absolute Gasteiger partial charge is 0.356 e. The predicted molar refractivity (Wildman–Crippen MR) is 95.1 cm³/mol. The Balaban J connectivity index is 0.000000396. The number of pyridine rings is 2. The van der Waals surface area contributed by atoms with Gasteiger partial charge in [0.2, 0.25) is 0 Å². The summed E-state index contributed by atoms with van der Waals surface area (Å²) in [4.78, 5) is 13.1. The van der Waals surface area contributed by atoms with E-state index in [9.17, 15) is 0 Å². The highest BCUT2D eigenvalue weighted by Crippen LogP contribution is 2.33. The fourth-order valence-electron chi connectivity index (χ4n) is 2.36. The Hall–Kier alpha value is -1.39. The molecule has 0 aromatic carbocycles. The lowest BCUT2D eigenvalue weighted by Crippen LogP contribution is -2.37. The molecule has 1 fully saturated rings. The van der Waals surface area contributed by atoms with E-state index in [0.29, 0.717) is 11.1 Å². The van der Waals surface area contributed by atoms with E-state index in [2.05, 4.69) is 28.7 Å². The molecular weight excluding hydrogens is 296 g/mol. The van der Waals surface area contributed by atoms with Crippen molar-refractivity contribution in [3.05, 3.63) is 29.2 Å². The minimum atomic E-state index is 0.434. The highest BCUT2D eigenvalue weighted by atomic mass is 35.5. The van der Waals surface area contributed by atoms with Gasteiger partial charge in [0.1, 0.15) is 11.0 Å². The maximum atomic E-state index is 6.03. The number of fused-ring (bicyclic) bond motifs is 1. The van der Waals surface area contributed by atoms with Crippen molar-refractivity contribution in [1.29, 1.82) is 0 Å². The van der Waals surface area contributed by atoms with E-state index in [4.69, 9.17) is 11.6 Å². The molecule has 22 heavy (non-hydrogen) atoms. The van der Waals surface area contributed by atoms with Crippen LogP contribution in [0.15, 0.2) is 18.5 Å². The van der Waals surface area contributed by atoms with E-state index in [0.717, 1.165) is 24.3 Å². The highest BCUT2D eigenvalue weighted by Gasteiger charge is 2.20. The van der Waals surface area contributed by atoms with Gasteiger partial charge in [-0.2, -0.15) is 0 Å². The van der Waals surface area contributed by atoms with Gasteiger partial charge in [0, 0.05) is 30.9 Å². The molecule has 3 rings (SSSR count). The Morgan fingerprint density at radius 3 is 2.23 bits per heavy atom. The van der Waals surface area contributed by atoms with E-state index in [-0.39, 0.29) is 0 Å². The second kappa shape index (κ2) is 7.25. The zero-order valence-corrected chi connectivity index (χ0v) is 14.9. The molecular formula is C17H25ClN4. The van der Waals surface area contributed by atoms with Gasteiger partial charge in [0.15, 0.2) is 0 Å². The van der Waals surface area contributed by atoms with Crippen molar-refractivity contribution in [2.24, 2.45) is 0 Å². The smallest absolute Gasteiger partial charge is 0.137 e. The van der Waals surface area contributed by atoms with Crippen molar-refractivity contribution in [3.63, 3.8) is 0 Å². The highest BCUT2D eigenvalue weighted by molar-refractivity contribution is 6.30. The third-order valence-electron chi connectivity index (χ3n) is 3.53. The van der Waals surface area contributed by atoms with Crippen LogP contribution in [0.4, 0.5) is 5.82 Å². The van der Waals surface area contributed by atoms with Crippen LogP contribution in [0.3, 0.4) is 0 Å². The van der Waals surface area contributed by atoms with Gasteiger partial charge < -0.3 is 9.80 Å². The molecule has 120 valence electrons. The third-order valence-corrected chi connectivity index (χ3v) is 3.73. The SMILES string of the molecule is CC(C)c1cnc(N2CCC2)c2cnc(Cl)cc12.CN(C)C. The first-order chi connectivity index (χ1) is 10.4. The quantitative estimate of drug-likeness (QED) is 0.788. The molecule has 0 amide bonds. The van der Waals surface area contributed by atoms with Crippen LogP contribution in [0.5, 0.6) is 0 Å². The van der Waals surface area contributed by atoms with Gasteiger partial charge in [0.25, 0.3) is 0 Å². The summed E-state index contributed by atoms with van der Waals surface area (Å²) in [6.07, 6.45) is 5.08. The van der Waals surface area contributed by atoms with E-state index in [1.165, 1.54) is 17.4 Å². The summed E-state index contributed by atoms with van der Waals surface area (Å²) in [5.41, 5.74) is 1.23. The number of aromatic nitrogens is 2. The molecule has 3 heterocycles. The Morgan fingerprint density at radius 1 is 1.09 bits per heavy atom. The summed E-state index contributed by atoms with van der Waals surface area (Å²) in [6.45, 7) is 6.53. The number of nitrogens with zero attached hydrogens (tertiary/aromatic N) is 4. The second-order valence-electron chi connectivity index (χ2n) is 6.43. The van der Waals surface area contributed by atoms with Crippen molar-refractivity contribution in [2.45, 2.75) is 26.2 Å². The fraction of sp³-hybridized carbons (Fsp3) is 0.529. The monoisotopic (exact) mass is 320 g/mol. The summed E-state index contributed by atoms with van der Waals surface area (Å²) < 4.78 is 0. The second-order valence-corrected chi connectivity index (χ2v) is 6.81. The van der Waals surface area contributed by atoms with Gasteiger partial charge in [-0.15, -0.1) is 0 Å². The van der Waals surface area contributed by atoms with E-state index < -0.39 is 0 Å². The molecule has 0 bridgehead atoms. The molecule has 4 nitrogen and oxygen atoms in total. The Morgan fingerprint density at radius 2 is 1.73 bits per heavy atom. The Kier molecular flexibility index (Phi) is 5.59. The summed E-state index contributed by atoms with van der Waals surface area (Å²) in [7, 11) is 6.00. The molecule has 0 radical (unpaired) electrons. The number of hydrogen-bond acceptors (Lipinski definition) is 4. The first kappa shape index (κ1) is 17.0. The molecule has 0 aliphatic carbocycles. The Labute approximate surface area is 138 Å². The molecule has 0 saturated carbocycles. The van der Waals surface area contributed by atoms with Crippen molar-refractivity contribution in [3.8, 4) is 0 Å². The number of halogens is 1. The zero-order chi connectivity index (χ0) is 16.3. The first-order valence-corrected chi connectivity index (χ1v) is 8.08. The number of hydrogen-bond donors (Lipinski definition) is 0.